The summed E-state index contributed by atoms with van der Waals surface area (Å²) < 4.78 is 7.23. The normalized spacial score (nSPS) is 19.1. The molecule has 1 aliphatic carbocycles. The number of aryl methyl sites for hydroxylation is 1. The number of nitrogens with zero attached hydrogens (tertiary/aromatic N) is 2. The third-order valence-electron chi connectivity index (χ3n) is 4.44. The zero-order valence-corrected chi connectivity index (χ0v) is 13.0. The summed E-state index contributed by atoms with van der Waals surface area (Å²) in [5.74, 6) is 0.901. The van der Waals surface area contributed by atoms with Gasteiger partial charge in [0.1, 0.15) is 5.75 Å². The van der Waals surface area contributed by atoms with Gasteiger partial charge in [-0.25, -0.2) is 0 Å². The molecule has 0 aliphatic heterocycles. The quantitative estimate of drug-likeness (QED) is 0.938. The minimum atomic E-state index is 0.312. The van der Waals surface area contributed by atoms with Gasteiger partial charge >= 0.3 is 0 Å². The van der Waals surface area contributed by atoms with Crippen LogP contribution in [-0.2, 0) is 13.5 Å². The summed E-state index contributed by atoms with van der Waals surface area (Å²) >= 11 is 0. The van der Waals surface area contributed by atoms with Crippen LogP contribution in [0.25, 0.3) is 0 Å². The van der Waals surface area contributed by atoms with E-state index in [1.807, 2.05) is 30.1 Å². The maximum Gasteiger partial charge on any atom is 0.118 e. The first kappa shape index (κ1) is 14.1. The Kier molecular flexibility index (Phi) is 3.97. The predicted molar refractivity (Wildman–Crippen MR) is 83.4 cm³/mol. The van der Waals surface area contributed by atoms with Crippen LogP contribution in [0.15, 0.2) is 30.5 Å². The highest BCUT2D eigenvalue weighted by Crippen LogP contribution is 2.31. The molecular formula is C17H23N3O. The highest BCUT2D eigenvalue weighted by molar-refractivity contribution is 5.30. The molecule has 3 rings (SSSR count). The SMILES string of the molecule is COc1ccc([C@H](C)NC2CCCc3c2cnn3C)cc1. The average molecular weight is 285 g/mol. The van der Waals surface area contributed by atoms with E-state index in [0.29, 0.717) is 12.1 Å². The van der Waals surface area contributed by atoms with Gasteiger partial charge in [-0.3, -0.25) is 4.68 Å². The monoisotopic (exact) mass is 285 g/mol. The van der Waals surface area contributed by atoms with Crippen molar-refractivity contribution in [3.63, 3.8) is 0 Å². The minimum absolute atomic E-state index is 0.312. The largest absolute Gasteiger partial charge is 0.497 e. The van der Waals surface area contributed by atoms with Crippen LogP contribution < -0.4 is 10.1 Å². The topological polar surface area (TPSA) is 39.1 Å². The molecule has 21 heavy (non-hydrogen) atoms. The summed E-state index contributed by atoms with van der Waals surface area (Å²) in [6.07, 6.45) is 5.56. The zero-order chi connectivity index (χ0) is 14.8. The van der Waals surface area contributed by atoms with Gasteiger partial charge in [-0.05, 0) is 43.9 Å². The maximum atomic E-state index is 5.22. The lowest BCUT2D eigenvalue weighted by Crippen LogP contribution is -2.27. The molecule has 0 saturated carbocycles. The molecule has 1 aromatic heterocycles. The van der Waals surface area contributed by atoms with Crippen LogP contribution in [0.5, 0.6) is 5.75 Å². The second kappa shape index (κ2) is 5.90. The number of rotatable bonds is 4. The van der Waals surface area contributed by atoms with Crippen molar-refractivity contribution >= 4 is 0 Å². The molecule has 1 aliphatic rings. The summed E-state index contributed by atoms with van der Waals surface area (Å²) in [6.45, 7) is 2.21. The van der Waals surface area contributed by atoms with Crippen LogP contribution in [0, 0.1) is 0 Å². The van der Waals surface area contributed by atoms with Gasteiger partial charge in [-0.15, -0.1) is 0 Å². The molecule has 1 aromatic carbocycles. The summed E-state index contributed by atoms with van der Waals surface area (Å²) in [5.41, 5.74) is 4.02. The molecule has 0 spiro atoms. The molecule has 2 aromatic rings. The minimum Gasteiger partial charge on any atom is -0.497 e. The summed E-state index contributed by atoms with van der Waals surface area (Å²) in [6, 6.07) is 9.01. The van der Waals surface area contributed by atoms with Crippen molar-refractivity contribution < 1.29 is 4.74 Å². The van der Waals surface area contributed by atoms with Crippen LogP contribution >= 0.6 is 0 Å². The first-order chi connectivity index (χ1) is 10.2. The standard InChI is InChI=1S/C17H23N3O/c1-12(13-7-9-14(21-3)10-8-13)19-16-5-4-6-17-15(16)11-18-20(17)2/h7-12,16,19H,4-6H2,1-3H3/t12-,16?/m0/s1. The Morgan fingerprint density at radius 2 is 2.10 bits per heavy atom. The van der Waals surface area contributed by atoms with Gasteiger partial charge in [-0.1, -0.05) is 12.1 Å². The molecule has 0 bridgehead atoms. The van der Waals surface area contributed by atoms with Gasteiger partial charge in [0.2, 0.25) is 0 Å². The van der Waals surface area contributed by atoms with E-state index < -0.39 is 0 Å². The van der Waals surface area contributed by atoms with Gasteiger partial charge in [0.05, 0.1) is 13.3 Å². The molecule has 1 N–H and O–H groups in total. The first-order valence-electron chi connectivity index (χ1n) is 7.60. The molecule has 0 amide bonds. The van der Waals surface area contributed by atoms with E-state index >= 15 is 0 Å². The van der Waals surface area contributed by atoms with E-state index in [1.54, 1.807) is 7.11 Å². The van der Waals surface area contributed by atoms with E-state index in [0.717, 1.165) is 12.2 Å². The molecule has 0 radical (unpaired) electrons. The van der Waals surface area contributed by atoms with Gasteiger partial charge < -0.3 is 10.1 Å². The van der Waals surface area contributed by atoms with Gasteiger partial charge in [0.25, 0.3) is 0 Å². The predicted octanol–water partition coefficient (Wildman–Crippen LogP) is 3.16. The van der Waals surface area contributed by atoms with E-state index in [4.69, 9.17) is 4.74 Å². The number of hydrogen-bond acceptors (Lipinski definition) is 3. The van der Waals surface area contributed by atoms with Crippen molar-refractivity contribution in [2.45, 2.75) is 38.3 Å². The van der Waals surface area contributed by atoms with E-state index in [9.17, 15) is 0 Å². The number of benzene rings is 1. The number of fused-ring (bicyclic) bond motifs is 1. The van der Waals surface area contributed by atoms with Gasteiger partial charge in [0, 0.05) is 30.4 Å². The fourth-order valence-electron chi connectivity index (χ4n) is 3.17. The Balaban J connectivity index is 1.74. The second-order valence-electron chi connectivity index (χ2n) is 5.78. The Hall–Kier alpha value is -1.81. The van der Waals surface area contributed by atoms with Crippen molar-refractivity contribution in [2.75, 3.05) is 7.11 Å². The van der Waals surface area contributed by atoms with Crippen molar-refractivity contribution in [1.29, 1.82) is 0 Å². The molecule has 0 saturated heterocycles. The summed E-state index contributed by atoms with van der Waals surface area (Å²) in [5, 5.41) is 8.16. The average Bonchev–Trinajstić information content (AvgIpc) is 2.90. The van der Waals surface area contributed by atoms with Gasteiger partial charge in [-0.2, -0.15) is 5.10 Å². The lowest BCUT2D eigenvalue weighted by atomic mass is 9.92. The number of ether oxygens (including phenoxy) is 1. The Morgan fingerprint density at radius 3 is 2.81 bits per heavy atom. The fourth-order valence-corrected chi connectivity index (χ4v) is 3.17. The molecule has 1 unspecified atom stereocenters. The van der Waals surface area contributed by atoms with Crippen LogP contribution in [0.4, 0.5) is 0 Å². The molecule has 1 heterocycles. The Morgan fingerprint density at radius 1 is 1.33 bits per heavy atom. The third-order valence-corrected chi connectivity index (χ3v) is 4.44. The van der Waals surface area contributed by atoms with Crippen molar-refractivity contribution in [2.24, 2.45) is 7.05 Å². The first-order valence-corrected chi connectivity index (χ1v) is 7.60. The fraction of sp³-hybridized carbons (Fsp3) is 0.471. The molecular weight excluding hydrogens is 262 g/mol. The Labute approximate surface area is 126 Å². The molecule has 2 atom stereocenters. The molecule has 112 valence electrons. The molecule has 4 nitrogen and oxygen atoms in total. The van der Waals surface area contributed by atoms with Crippen LogP contribution in [-0.4, -0.2) is 16.9 Å². The third kappa shape index (κ3) is 2.81. The number of aromatic nitrogens is 2. The van der Waals surface area contributed by atoms with Crippen LogP contribution in [0.3, 0.4) is 0 Å². The highest BCUT2D eigenvalue weighted by atomic mass is 16.5. The van der Waals surface area contributed by atoms with Crippen molar-refractivity contribution in [3.05, 3.63) is 47.3 Å². The smallest absolute Gasteiger partial charge is 0.118 e. The van der Waals surface area contributed by atoms with Gasteiger partial charge in [0.15, 0.2) is 0 Å². The lowest BCUT2D eigenvalue weighted by Gasteiger charge is -2.27. The lowest BCUT2D eigenvalue weighted by molar-refractivity contribution is 0.407. The van der Waals surface area contributed by atoms with Crippen LogP contribution in [0.1, 0.15) is 48.7 Å². The summed E-state index contributed by atoms with van der Waals surface area (Å²) in [4.78, 5) is 0. The van der Waals surface area contributed by atoms with Crippen molar-refractivity contribution in [3.8, 4) is 5.75 Å². The van der Waals surface area contributed by atoms with Crippen LogP contribution in [0.2, 0.25) is 0 Å². The van der Waals surface area contributed by atoms with E-state index in [2.05, 4.69) is 29.5 Å². The van der Waals surface area contributed by atoms with E-state index in [-0.39, 0.29) is 0 Å². The maximum absolute atomic E-state index is 5.22. The summed E-state index contributed by atoms with van der Waals surface area (Å²) in [7, 11) is 3.73. The van der Waals surface area contributed by atoms with E-state index in [1.165, 1.54) is 29.7 Å². The molecule has 4 heteroatoms. The highest BCUT2D eigenvalue weighted by Gasteiger charge is 2.24. The second-order valence-corrected chi connectivity index (χ2v) is 5.78. The Bertz CT molecular complexity index is 603. The number of nitrogens with one attached hydrogen (secondary N) is 1. The zero-order valence-electron chi connectivity index (χ0n) is 13.0. The number of hydrogen-bond donors (Lipinski definition) is 1. The molecule has 0 fully saturated rings. The number of methoxy groups -OCH3 is 1. The van der Waals surface area contributed by atoms with Crippen molar-refractivity contribution in [1.82, 2.24) is 15.1 Å².